The van der Waals surface area contributed by atoms with E-state index < -0.39 is 23.7 Å². The Morgan fingerprint density at radius 1 is 1.43 bits per heavy atom. The summed E-state index contributed by atoms with van der Waals surface area (Å²) in [5.41, 5.74) is 0.539. The number of hydrogen-bond acceptors (Lipinski definition) is 4. The second-order valence-electron chi connectivity index (χ2n) is 5.35. The quantitative estimate of drug-likeness (QED) is 0.931. The molecule has 2 aromatic rings. The Bertz CT molecular complexity index is 765. The average molecular weight is 318 g/mol. The molecule has 0 unspecified atom stereocenters. The zero-order chi connectivity index (χ0) is 16.4. The van der Waals surface area contributed by atoms with Crippen molar-refractivity contribution in [3.05, 3.63) is 41.8 Å². The number of pyridine rings is 1. The van der Waals surface area contributed by atoms with Crippen molar-refractivity contribution >= 4 is 22.8 Å². The Morgan fingerprint density at radius 2 is 2.26 bits per heavy atom. The highest BCUT2D eigenvalue weighted by Gasteiger charge is 2.31. The highest BCUT2D eigenvalue weighted by Crippen LogP contribution is 2.22. The fourth-order valence-electron chi connectivity index (χ4n) is 2.77. The predicted octanol–water partition coefficient (Wildman–Crippen LogP) is 1.69. The normalized spacial score (nSPS) is 18.1. The number of aliphatic carboxylic acids is 1. The fraction of sp³-hybridized carbons (Fsp3) is 0.312. The number of fused-ring (bicyclic) bond motifs is 1. The molecule has 1 aliphatic heterocycles. The molecule has 120 valence electrons. The Kier molecular flexibility index (Phi) is 4.20. The van der Waals surface area contributed by atoms with E-state index in [2.05, 4.69) is 4.98 Å². The van der Waals surface area contributed by atoms with Crippen LogP contribution in [0.5, 0.6) is 0 Å². The maximum Gasteiger partial charge on any atom is 0.305 e. The predicted molar refractivity (Wildman–Crippen MR) is 79.6 cm³/mol. The molecule has 1 atom stereocenters. The topological polar surface area (TPSA) is 79.7 Å². The lowest BCUT2D eigenvalue weighted by Gasteiger charge is -2.35. The van der Waals surface area contributed by atoms with Gasteiger partial charge in [-0.1, -0.05) is 6.07 Å². The van der Waals surface area contributed by atoms with Gasteiger partial charge in [0.05, 0.1) is 36.8 Å². The summed E-state index contributed by atoms with van der Waals surface area (Å²) in [6.07, 6.45) is 1.32. The van der Waals surface area contributed by atoms with Crippen molar-refractivity contribution in [2.24, 2.45) is 0 Å². The van der Waals surface area contributed by atoms with Crippen LogP contribution >= 0.6 is 0 Å². The van der Waals surface area contributed by atoms with Crippen LogP contribution < -0.4 is 0 Å². The molecule has 1 aromatic carbocycles. The minimum Gasteiger partial charge on any atom is -0.481 e. The van der Waals surface area contributed by atoms with Gasteiger partial charge in [0.15, 0.2) is 0 Å². The number of carbonyl (C=O) groups is 2. The molecule has 23 heavy (non-hydrogen) atoms. The monoisotopic (exact) mass is 318 g/mol. The molecular weight excluding hydrogens is 303 g/mol. The molecule has 0 spiro atoms. The van der Waals surface area contributed by atoms with Crippen molar-refractivity contribution in [2.75, 3.05) is 19.8 Å². The number of hydrogen-bond donors (Lipinski definition) is 1. The van der Waals surface area contributed by atoms with E-state index in [0.29, 0.717) is 17.5 Å². The van der Waals surface area contributed by atoms with Gasteiger partial charge in [-0.2, -0.15) is 0 Å². The highest BCUT2D eigenvalue weighted by molar-refractivity contribution is 6.05. The molecule has 1 N–H and O–H groups in total. The number of halogens is 1. The van der Waals surface area contributed by atoms with Gasteiger partial charge in [-0.15, -0.1) is 0 Å². The van der Waals surface area contributed by atoms with E-state index in [4.69, 9.17) is 9.84 Å². The smallest absolute Gasteiger partial charge is 0.305 e. The molecule has 0 aliphatic carbocycles. The number of rotatable bonds is 3. The minimum atomic E-state index is -1.01. The van der Waals surface area contributed by atoms with Crippen molar-refractivity contribution in [1.29, 1.82) is 0 Å². The van der Waals surface area contributed by atoms with Crippen LogP contribution in [0.4, 0.5) is 4.39 Å². The summed E-state index contributed by atoms with van der Waals surface area (Å²) in [5, 5.41) is 9.51. The molecule has 1 fully saturated rings. The fourth-order valence-corrected chi connectivity index (χ4v) is 2.77. The summed E-state index contributed by atoms with van der Waals surface area (Å²) in [4.78, 5) is 29.4. The number of amides is 1. The number of benzene rings is 1. The maximum absolute atomic E-state index is 13.8. The van der Waals surface area contributed by atoms with Gasteiger partial charge in [0.25, 0.3) is 5.91 Å². The van der Waals surface area contributed by atoms with Crippen molar-refractivity contribution in [2.45, 2.75) is 12.5 Å². The van der Waals surface area contributed by atoms with E-state index in [1.54, 1.807) is 12.1 Å². The first-order valence-electron chi connectivity index (χ1n) is 7.21. The number of ether oxygens (including phenoxy) is 1. The van der Waals surface area contributed by atoms with E-state index in [9.17, 15) is 14.0 Å². The summed E-state index contributed by atoms with van der Waals surface area (Å²) >= 11 is 0. The Balaban J connectivity index is 2.00. The minimum absolute atomic E-state index is 0.137. The molecule has 1 aromatic heterocycles. The third kappa shape index (κ3) is 3.14. The third-order valence-electron chi connectivity index (χ3n) is 3.80. The van der Waals surface area contributed by atoms with Gasteiger partial charge in [0.2, 0.25) is 0 Å². The number of carboxylic acids is 1. The molecule has 3 rings (SSSR count). The van der Waals surface area contributed by atoms with E-state index >= 15 is 0 Å². The molecule has 1 amide bonds. The Labute approximate surface area is 131 Å². The van der Waals surface area contributed by atoms with Crippen LogP contribution in [0.3, 0.4) is 0 Å². The molecule has 2 heterocycles. The summed E-state index contributed by atoms with van der Waals surface area (Å²) in [7, 11) is 0. The van der Waals surface area contributed by atoms with Crippen molar-refractivity contribution in [3.8, 4) is 0 Å². The lowest BCUT2D eigenvalue weighted by Crippen LogP contribution is -2.49. The molecule has 7 heteroatoms. The van der Waals surface area contributed by atoms with Gasteiger partial charge in [0.1, 0.15) is 5.82 Å². The number of aromatic nitrogens is 1. The largest absolute Gasteiger partial charge is 0.481 e. The zero-order valence-corrected chi connectivity index (χ0v) is 12.2. The molecule has 0 radical (unpaired) electrons. The van der Waals surface area contributed by atoms with Gasteiger partial charge in [-0.25, -0.2) is 4.39 Å². The summed E-state index contributed by atoms with van der Waals surface area (Å²) in [6.45, 7) is 0.739. The van der Waals surface area contributed by atoms with Gasteiger partial charge in [0, 0.05) is 18.1 Å². The SMILES string of the molecule is O=C(O)C[C@H]1COCCN1C(=O)c1cc(F)cc2cccnc12. The van der Waals surface area contributed by atoms with E-state index in [1.807, 2.05) is 0 Å². The van der Waals surface area contributed by atoms with E-state index in [0.717, 1.165) is 6.07 Å². The summed E-state index contributed by atoms with van der Waals surface area (Å²) in [6, 6.07) is 5.22. The average Bonchev–Trinajstić information content (AvgIpc) is 2.53. The molecule has 1 aliphatic rings. The molecule has 6 nitrogen and oxygen atoms in total. The molecule has 0 saturated carbocycles. The van der Waals surface area contributed by atoms with Crippen LogP contribution in [0.1, 0.15) is 16.8 Å². The summed E-state index contributed by atoms with van der Waals surface area (Å²) in [5.74, 6) is -1.97. The number of morpholine rings is 1. The van der Waals surface area contributed by atoms with Gasteiger partial charge < -0.3 is 14.7 Å². The molecule has 0 bridgehead atoms. The molecule has 1 saturated heterocycles. The van der Waals surface area contributed by atoms with Crippen molar-refractivity contribution < 1.29 is 23.8 Å². The number of carboxylic acid groups (broad SMARTS) is 1. The van der Waals surface area contributed by atoms with Gasteiger partial charge >= 0.3 is 5.97 Å². The van der Waals surface area contributed by atoms with Crippen LogP contribution in [-0.2, 0) is 9.53 Å². The third-order valence-corrected chi connectivity index (χ3v) is 3.80. The van der Waals surface area contributed by atoms with Crippen LogP contribution in [0.15, 0.2) is 30.5 Å². The standard InChI is InChI=1S/C16H15FN2O4/c17-11-6-10-2-1-3-18-15(10)13(7-11)16(22)19-4-5-23-9-12(19)8-14(20)21/h1-3,6-7,12H,4-5,8-9H2,(H,20,21)/t12-/m0/s1. The maximum atomic E-state index is 13.8. The second-order valence-corrected chi connectivity index (χ2v) is 5.35. The number of carbonyl (C=O) groups excluding carboxylic acids is 1. The first-order chi connectivity index (χ1) is 11.1. The van der Waals surface area contributed by atoms with Crippen LogP contribution in [0, 0.1) is 5.82 Å². The van der Waals surface area contributed by atoms with Gasteiger partial charge in [-0.05, 0) is 18.2 Å². The number of nitrogens with zero attached hydrogens (tertiary/aromatic N) is 2. The van der Waals surface area contributed by atoms with Crippen LogP contribution in [0.25, 0.3) is 10.9 Å². The van der Waals surface area contributed by atoms with Gasteiger partial charge in [-0.3, -0.25) is 14.6 Å². The van der Waals surface area contributed by atoms with E-state index in [1.165, 1.54) is 17.2 Å². The highest BCUT2D eigenvalue weighted by atomic mass is 19.1. The van der Waals surface area contributed by atoms with Crippen molar-refractivity contribution in [1.82, 2.24) is 9.88 Å². The zero-order valence-electron chi connectivity index (χ0n) is 12.2. The lowest BCUT2D eigenvalue weighted by atomic mass is 10.1. The van der Waals surface area contributed by atoms with Crippen LogP contribution in [-0.4, -0.2) is 52.7 Å². The first kappa shape index (κ1) is 15.4. The Morgan fingerprint density at radius 3 is 3.04 bits per heavy atom. The molecular formula is C16H15FN2O4. The second kappa shape index (κ2) is 6.29. The van der Waals surface area contributed by atoms with Crippen LogP contribution in [0.2, 0.25) is 0 Å². The van der Waals surface area contributed by atoms with E-state index in [-0.39, 0.29) is 25.1 Å². The lowest BCUT2D eigenvalue weighted by molar-refractivity contribution is -0.139. The van der Waals surface area contributed by atoms with Crippen molar-refractivity contribution in [3.63, 3.8) is 0 Å². The first-order valence-corrected chi connectivity index (χ1v) is 7.21. The Hall–Kier alpha value is -2.54. The summed E-state index contributed by atoms with van der Waals surface area (Å²) < 4.78 is 19.1.